The van der Waals surface area contributed by atoms with E-state index in [1.54, 1.807) is 0 Å². The van der Waals surface area contributed by atoms with Crippen molar-refractivity contribution in [2.24, 2.45) is 5.84 Å². The molecular weight excluding hydrogens is 250 g/mol. The maximum Gasteiger partial charge on any atom is 0.255 e. The van der Waals surface area contributed by atoms with E-state index in [4.69, 9.17) is 17.4 Å². The van der Waals surface area contributed by atoms with Gasteiger partial charge in [0.05, 0.1) is 5.56 Å². The molecule has 0 aliphatic rings. The number of carbonyl (C=O) groups is 1. The summed E-state index contributed by atoms with van der Waals surface area (Å²) < 4.78 is 24.9. The molecule has 0 bridgehead atoms. The van der Waals surface area contributed by atoms with E-state index in [1.165, 1.54) is 6.07 Å². The van der Waals surface area contributed by atoms with Crippen molar-refractivity contribution >= 4 is 16.8 Å². The topological polar surface area (TPSA) is 55.1 Å². The van der Waals surface area contributed by atoms with Crippen molar-refractivity contribution in [2.45, 2.75) is 26.3 Å². The number of nitrogens with two attached hydrogens (primary N) is 1. The summed E-state index contributed by atoms with van der Waals surface area (Å²) in [5, 5.41) is -0.998. The highest BCUT2D eigenvalue weighted by molar-refractivity contribution is 6.67. The Labute approximate surface area is 104 Å². The minimum Gasteiger partial charge on any atom is -0.275 e. The number of halogens is 3. The van der Waals surface area contributed by atoms with Crippen LogP contribution in [0, 0.1) is 11.6 Å². The molecule has 0 unspecified atom stereocenters. The molecule has 3 nitrogen and oxygen atoms in total. The van der Waals surface area contributed by atoms with Gasteiger partial charge >= 0.3 is 0 Å². The van der Waals surface area contributed by atoms with Crippen LogP contribution in [0.2, 0.25) is 0 Å². The maximum atomic E-state index is 12.6. The third-order valence-corrected chi connectivity index (χ3v) is 1.80. The van der Waals surface area contributed by atoms with E-state index < -0.39 is 22.4 Å². The van der Waals surface area contributed by atoms with Gasteiger partial charge in [0, 0.05) is 5.54 Å². The van der Waals surface area contributed by atoms with Crippen LogP contribution in [0.25, 0.3) is 0 Å². The molecule has 0 heterocycles. The standard InChI is InChI=1S/C7H3ClF2O.C4H12N2/c8-7(11)4-2-1-3-5(9)6(4)10;1-4(2,3)6-5/h1-3H;6H,5H2,1-3H3. The largest absolute Gasteiger partial charge is 0.275 e. The first-order chi connectivity index (χ1) is 7.69. The summed E-state index contributed by atoms with van der Waals surface area (Å²) in [5.74, 6) is 2.78. The molecule has 6 heteroatoms. The Balaban J connectivity index is 0.000000366. The predicted molar refractivity (Wildman–Crippen MR) is 63.6 cm³/mol. The summed E-state index contributed by atoms with van der Waals surface area (Å²) in [6, 6.07) is 3.25. The predicted octanol–water partition coefficient (Wildman–Crippen LogP) is 2.59. The number of carbonyl (C=O) groups excluding carboxylic acids is 1. The molecule has 0 amide bonds. The zero-order valence-corrected chi connectivity index (χ0v) is 10.6. The van der Waals surface area contributed by atoms with Gasteiger partial charge < -0.3 is 0 Å². The molecule has 3 N–H and O–H groups in total. The van der Waals surface area contributed by atoms with E-state index in [0.717, 1.165) is 12.1 Å². The molecule has 17 heavy (non-hydrogen) atoms. The van der Waals surface area contributed by atoms with Crippen LogP contribution in [-0.2, 0) is 0 Å². The Morgan fingerprint density at radius 1 is 1.35 bits per heavy atom. The van der Waals surface area contributed by atoms with Crippen LogP contribution in [0.3, 0.4) is 0 Å². The summed E-state index contributed by atoms with van der Waals surface area (Å²) in [6.45, 7) is 6.02. The molecule has 0 saturated carbocycles. The molecule has 1 rings (SSSR count). The first-order valence-corrected chi connectivity index (χ1v) is 5.18. The summed E-state index contributed by atoms with van der Waals surface area (Å²) in [7, 11) is 0. The molecule has 1 aromatic rings. The molecule has 0 spiro atoms. The fourth-order valence-electron chi connectivity index (χ4n) is 0.656. The van der Waals surface area contributed by atoms with Gasteiger partial charge in [0.2, 0.25) is 0 Å². The highest BCUT2D eigenvalue weighted by atomic mass is 35.5. The third-order valence-electron chi connectivity index (χ3n) is 1.60. The second-order valence-corrected chi connectivity index (χ2v) is 4.61. The fraction of sp³-hybridized carbons (Fsp3) is 0.364. The fourth-order valence-corrected chi connectivity index (χ4v) is 0.802. The second kappa shape index (κ2) is 6.64. The number of hydrazine groups is 1. The quantitative estimate of drug-likeness (QED) is 0.466. The monoisotopic (exact) mass is 264 g/mol. The number of hydrogen-bond donors (Lipinski definition) is 2. The van der Waals surface area contributed by atoms with Gasteiger partial charge in [-0.25, -0.2) is 8.78 Å². The highest BCUT2D eigenvalue weighted by Crippen LogP contribution is 2.12. The van der Waals surface area contributed by atoms with Crippen LogP contribution in [0.4, 0.5) is 8.78 Å². The average Bonchev–Trinajstić information content (AvgIpc) is 2.21. The van der Waals surface area contributed by atoms with Crippen LogP contribution < -0.4 is 11.3 Å². The number of nitrogens with one attached hydrogen (secondary N) is 1. The Morgan fingerprint density at radius 3 is 2.12 bits per heavy atom. The molecule has 96 valence electrons. The van der Waals surface area contributed by atoms with Gasteiger partial charge in [-0.1, -0.05) is 6.07 Å². The van der Waals surface area contributed by atoms with Crippen molar-refractivity contribution in [1.82, 2.24) is 5.43 Å². The summed E-state index contributed by atoms with van der Waals surface area (Å²) in [4.78, 5) is 10.4. The van der Waals surface area contributed by atoms with E-state index in [-0.39, 0.29) is 5.54 Å². The average molecular weight is 265 g/mol. The van der Waals surface area contributed by atoms with Gasteiger partial charge in [-0.3, -0.25) is 16.1 Å². The van der Waals surface area contributed by atoms with Crippen LogP contribution >= 0.6 is 11.6 Å². The van der Waals surface area contributed by atoms with E-state index in [2.05, 4.69) is 5.43 Å². The molecule has 0 aliphatic heterocycles. The van der Waals surface area contributed by atoms with Crippen molar-refractivity contribution in [1.29, 1.82) is 0 Å². The van der Waals surface area contributed by atoms with E-state index in [0.29, 0.717) is 0 Å². The van der Waals surface area contributed by atoms with Gasteiger partial charge in [-0.2, -0.15) is 0 Å². The Hall–Kier alpha value is -1.04. The van der Waals surface area contributed by atoms with Crippen LogP contribution in [-0.4, -0.2) is 10.8 Å². The van der Waals surface area contributed by atoms with Gasteiger partial charge in [0.1, 0.15) is 0 Å². The van der Waals surface area contributed by atoms with E-state index in [9.17, 15) is 13.6 Å². The Bertz CT molecular complexity index is 392. The minimum absolute atomic E-state index is 0.0694. The molecule has 0 aliphatic carbocycles. The Kier molecular flexibility index (Phi) is 6.23. The summed E-state index contributed by atoms with van der Waals surface area (Å²) in [6.07, 6.45) is 0. The maximum absolute atomic E-state index is 12.6. The van der Waals surface area contributed by atoms with Crippen molar-refractivity contribution < 1.29 is 13.6 Å². The van der Waals surface area contributed by atoms with Crippen LogP contribution in [0.5, 0.6) is 0 Å². The lowest BCUT2D eigenvalue weighted by atomic mass is 10.1. The zero-order chi connectivity index (χ0) is 13.6. The van der Waals surface area contributed by atoms with Crippen molar-refractivity contribution in [2.75, 3.05) is 0 Å². The lowest BCUT2D eigenvalue weighted by molar-refractivity contribution is 0.107. The molecule has 0 radical (unpaired) electrons. The second-order valence-electron chi connectivity index (χ2n) is 4.27. The van der Waals surface area contributed by atoms with Crippen molar-refractivity contribution in [3.8, 4) is 0 Å². The molecule has 0 fully saturated rings. The zero-order valence-electron chi connectivity index (χ0n) is 9.85. The number of rotatable bonds is 1. The minimum atomic E-state index is -1.20. The highest BCUT2D eigenvalue weighted by Gasteiger charge is 2.11. The molecule has 0 aromatic heterocycles. The lowest BCUT2D eigenvalue weighted by Gasteiger charge is -2.14. The lowest BCUT2D eigenvalue weighted by Crippen LogP contribution is -2.41. The van der Waals surface area contributed by atoms with Gasteiger partial charge in [-0.15, -0.1) is 0 Å². The smallest absolute Gasteiger partial charge is 0.255 e. The molecule has 1 aromatic carbocycles. The first kappa shape index (κ1) is 16.0. The summed E-state index contributed by atoms with van der Waals surface area (Å²) >= 11 is 4.93. The van der Waals surface area contributed by atoms with E-state index >= 15 is 0 Å². The number of hydrogen-bond acceptors (Lipinski definition) is 3. The molecule has 0 saturated heterocycles. The van der Waals surface area contributed by atoms with Crippen LogP contribution in [0.1, 0.15) is 31.1 Å². The van der Waals surface area contributed by atoms with E-state index in [1.807, 2.05) is 20.8 Å². The van der Waals surface area contributed by atoms with Crippen molar-refractivity contribution in [3.63, 3.8) is 0 Å². The molecular formula is C11H15ClF2N2O. The third kappa shape index (κ3) is 6.31. The van der Waals surface area contributed by atoms with Crippen LogP contribution in [0.15, 0.2) is 18.2 Å². The number of benzene rings is 1. The normalized spacial score (nSPS) is 10.5. The first-order valence-electron chi connectivity index (χ1n) is 4.80. The van der Waals surface area contributed by atoms with Crippen molar-refractivity contribution in [3.05, 3.63) is 35.4 Å². The van der Waals surface area contributed by atoms with Gasteiger partial charge in [-0.05, 0) is 44.5 Å². The Morgan fingerprint density at radius 2 is 1.82 bits per heavy atom. The SMILES string of the molecule is CC(C)(C)NN.O=C(Cl)c1cccc(F)c1F. The van der Waals surface area contributed by atoms with Gasteiger partial charge in [0.15, 0.2) is 11.6 Å². The van der Waals surface area contributed by atoms with Gasteiger partial charge in [0.25, 0.3) is 5.24 Å². The summed E-state index contributed by atoms with van der Waals surface area (Å²) in [5.41, 5.74) is 2.24. The molecule has 0 atom stereocenters.